The summed E-state index contributed by atoms with van der Waals surface area (Å²) in [6, 6.07) is 10.7. The Morgan fingerprint density at radius 3 is 2.19 bits per heavy atom. The van der Waals surface area contributed by atoms with E-state index in [1.54, 1.807) is 52.8 Å². The zero-order valence-corrected chi connectivity index (χ0v) is 40.5. The second kappa shape index (κ2) is 18.9. The third kappa shape index (κ3) is 9.22. The van der Waals surface area contributed by atoms with Crippen LogP contribution in [0.25, 0.3) is 0 Å². The third-order valence-electron chi connectivity index (χ3n) is 13.8. The first-order valence-electron chi connectivity index (χ1n) is 22.4. The molecule has 18 nitrogen and oxygen atoms in total. The average molecular weight is 950 g/mol. The van der Waals surface area contributed by atoms with Crippen LogP contribution in [0.15, 0.2) is 71.3 Å². The largest absolute Gasteiger partial charge is 0.497 e. The monoisotopic (exact) mass is 949 g/mol. The molecule has 3 aliphatic carbocycles. The molecule has 1 unspecified atom stereocenters. The van der Waals surface area contributed by atoms with Crippen LogP contribution in [0.4, 0.5) is 4.79 Å². The molecular formula is C50H63NO17. The number of carbonyl (C=O) groups excluding carboxylic acids is 6. The van der Waals surface area contributed by atoms with E-state index in [0.717, 1.165) is 6.92 Å². The SMILES string of the molecule is COc1cccc(C(=O)O[C@H]2C3[C@](C)(C(=O)[C@H](OC(=O)c4ccccc4OC)C4=C(C)[C@@H](OC(=O)[C@H](O)[C@H](C=C(C)C)NC(=O)OC(C)(C)C)C[C@]2(O)C4(C)C)[C@@H](O)C[C@H]2OC[C@@]32OC(C)=O)c1. The van der Waals surface area contributed by atoms with Crippen molar-refractivity contribution in [3.63, 3.8) is 0 Å². The summed E-state index contributed by atoms with van der Waals surface area (Å²) >= 11 is 0. The van der Waals surface area contributed by atoms with Gasteiger partial charge in [-0.1, -0.05) is 43.7 Å². The predicted octanol–water partition coefficient (Wildman–Crippen LogP) is 4.74. The van der Waals surface area contributed by atoms with E-state index in [9.17, 15) is 39.3 Å². The number of fused-ring (bicyclic) bond motifs is 5. The zero-order chi connectivity index (χ0) is 50.5. The highest BCUT2D eigenvalue weighted by molar-refractivity contribution is 5.99. The summed E-state index contributed by atoms with van der Waals surface area (Å²) in [7, 11) is 2.74. The summed E-state index contributed by atoms with van der Waals surface area (Å²) < 4.78 is 47.1. The molecule has 1 heterocycles. The first-order chi connectivity index (χ1) is 31.7. The number of aliphatic hydroxyl groups is 3. The molecule has 4 aliphatic rings. The molecule has 18 heteroatoms. The van der Waals surface area contributed by atoms with Crippen molar-refractivity contribution >= 4 is 35.8 Å². The molecule has 4 N–H and O–H groups in total. The van der Waals surface area contributed by atoms with E-state index in [-0.39, 0.29) is 46.8 Å². The number of carbonyl (C=O) groups is 6. The fourth-order valence-electron chi connectivity index (χ4n) is 10.4. The molecule has 0 aromatic heterocycles. The Bertz CT molecular complexity index is 2400. The standard InChI is InChI=1S/C50H63NO17/c1-25(2)20-31(51-45(59)68-46(5,6)7)37(54)44(58)64-33-23-50(60)41(66-42(56)28-16-15-17-29(21-28)61-11)39-48(10,34(53)22-35-49(39,24-63-35)67-27(4)52)40(55)38(36(26(33)3)47(50,8)9)65-43(57)30-18-13-14-19-32(30)62-12/h13-21,31,33-35,37-39,41,53-54,60H,22-24H2,1-12H3,(H,51,59)/t31-,33-,34-,35+,37+,38+,39?,41-,48+,49-,50+/m0/s1. The first-order valence-corrected chi connectivity index (χ1v) is 22.4. The molecule has 11 atom stereocenters. The van der Waals surface area contributed by atoms with Crippen molar-refractivity contribution in [1.29, 1.82) is 0 Å². The minimum absolute atomic E-state index is 0.0413. The fraction of sp³-hybridized carbons (Fsp3) is 0.560. The molecule has 0 radical (unpaired) electrons. The minimum atomic E-state index is -2.49. The number of benzene rings is 2. The molecule has 1 amide bonds. The summed E-state index contributed by atoms with van der Waals surface area (Å²) in [5.74, 6) is -6.36. The summed E-state index contributed by atoms with van der Waals surface area (Å²) in [6.45, 7) is 15.0. The molecule has 2 saturated carbocycles. The number of amides is 1. The normalized spacial score (nSPS) is 30.2. The number of rotatable bonds is 12. The summed E-state index contributed by atoms with van der Waals surface area (Å²) in [4.78, 5) is 85.5. The Balaban J connectivity index is 1.60. The molecule has 6 rings (SSSR count). The van der Waals surface area contributed by atoms with Crippen LogP contribution in [-0.2, 0) is 42.8 Å². The maximum absolute atomic E-state index is 16.0. The first kappa shape index (κ1) is 51.6. The topological polar surface area (TPSA) is 249 Å². The van der Waals surface area contributed by atoms with Crippen LogP contribution >= 0.6 is 0 Å². The van der Waals surface area contributed by atoms with E-state index < -0.39 is 118 Å². The lowest BCUT2D eigenvalue weighted by atomic mass is 9.44. The van der Waals surface area contributed by atoms with E-state index in [0.29, 0.717) is 5.57 Å². The van der Waals surface area contributed by atoms with Crippen LogP contribution in [0, 0.1) is 16.7 Å². The highest BCUT2D eigenvalue weighted by Gasteiger charge is 2.78. The van der Waals surface area contributed by atoms with Crippen molar-refractivity contribution < 1.29 is 82.0 Å². The van der Waals surface area contributed by atoms with Crippen LogP contribution in [-0.4, -0.2) is 131 Å². The number of allylic oxidation sites excluding steroid dienone is 1. The number of para-hydroxylation sites is 1. The summed E-state index contributed by atoms with van der Waals surface area (Å²) in [5, 5.41) is 40.4. The van der Waals surface area contributed by atoms with E-state index in [4.69, 9.17) is 37.9 Å². The van der Waals surface area contributed by atoms with Crippen LogP contribution in [0.5, 0.6) is 11.5 Å². The number of hydrogen-bond acceptors (Lipinski definition) is 17. The lowest BCUT2D eigenvalue weighted by molar-refractivity contribution is -0.345. The second-order valence-corrected chi connectivity index (χ2v) is 19.9. The number of ketones is 1. The van der Waals surface area contributed by atoms with E-state index in [2.05, 4.69) is 5.32 Å². The van der Waals surface area contributed by atoms with Crippen molar-refractivity contribution in [3.8, 4) is 11.5 Å². The molecule has 2 bridgehead atoms. The van der Waals surface area contributed by atoms with Crippen LogP contribution in [0.1, 0.15) is 103 Å². The lowest BCUT2D eigenvalue weighted by Gasteiger charge is -2.67. The molecule has 2 aromatic rings. The van der Waals surface area contributed by atoms with Gasteiger partial charge in [-0.3, -0.25) is 9.59 Å². The van der Waals surface area contributed by atoms with Crippen LogP contribution in [0.3, 0.4) is 0 Å². The van der Waals surface area contributed by atoms with Crippen molar-refractivity contribution in [2.75, 3.05) is 20.8 Å². The number of alkyl carbamates (subject to hydrolysis) is 1. The Morgan fingerprint density at radius 2 is 1.60 bits per heavy atom. The molecule has 3 fully saturated rings. The zero-order valence-electron chi connectivity index (χ0n) is 40.5. The number of methoxy groups -OCH3 is 2. The average Bonchev–Trinajstić information content (AvgIpc) is 3.25. The smallest absolute Gasteiger partial charge is 0.408 e. The van der Waals surface area contributed by atoms with Gasteiger partial charge in [0.25, 0.3) is 0 Å². The molecular weight excluding hydrogens is 887 g/mol. The second-order valence-electron chi connectivity index (χ2n) is 19.9. The van der Waals surface area contributed by atoms with Gasteiger partial charge in [0.2, 0.25) is 0 Å². The highest BCUT2D eigenvalue weighted by Crippen LogP contribution is 2.64. The Morgan fingerprint density at radius 1 is 0.926 bits per heavy atom. The van der Waals surface area contributed by atoms with E-state index in [1.165, 1.54) is 78.3 Å². The van der Waals surface area contributed by atoms with Gasteiger partial charge in [0.05, 0.1) is 49.9 Å². The lowest BCUT2D eigenvalue weighted by Crippen LogP contribution is -2.82. The third-order valence-corrected chi connectivity index (χ3v) is 13.8. The van der Waals surface area contributed by atoms with E-state index >= 15 is 4.79 Å². The Labute approximate surface area is 395 Å². The van der Waals surface area contributed by atoms with Gasteiger partial charge in [-0.2, -0.15) is 0 Å². The van der Waals surface area contributed by atoms with Crippen molar-refractivity contribution in [2.24, 2.45) is 16.7 Å². The number of nitrogens with one attached hydrogen (secondary N) is 1. The minimum Gasteiger partial charge on any atom is -0.497 e. The van der Waals surface area contributed by atoms with Gasteiger partial charge in [0, 0.05) is 25.2 Å². The molecule has 0 spiro atoms. The quantitative estimate of drug-likeness (QED) is 0.127. The van der Waals surface area contributed by atoms with Crippen LogP contribution < -0.4 is 14.8 Å². The number of hydrogen-bond donors (Lipinski definition) is 4. The van der Waals surface area contributed by atoms with Crippen molar-refractivity contribution in [3.05, 3.63) is 82.5 Å². The fourth-order valence-corrected chi connectivity index (χ4v) is 10.4. The Hall–Kier alpha value is -5.82. The van der Waals surface area contributed by atoms with Gasteiger partial charge < -0.3 is 58.5 Å². The highest BCUT2D eigenvalue weighted by atomic mass is 16.6. The maximum atomic E-state index is 16.0. The van der Waals surface area contributed by atoms with Crippen LogP contribution in [0.2, 0.25) is 0 Å². The maximum Gasteiger partial charge on any atom is 0.408 e. The summed E-state index contributed by atoms with van der Waals surface area (Å²) in [6.07, 6.45) is -10.7. The number of Topliss-reactive ketones (excluding diaryl/α,β-unsaturated/α-hetero) is 1. The molecule has 370 valence electrons. The van der Waals surface area contributed by atoms with Gasteiger partial charge in [0.1, 0.15) is 46.6 Å². The van der Waals surface area contributed by atoms with Gasteiger partial charge in [-0.25, -0.2) is 19.2 Å². The number of esters is 4. The molecule has 1 aliphatic heterocycles. The predicted molar refractivity (Wildman–Crippen MR) is 240 cm³/mol. The molecule has 2 aromatic carbocycles. The van der Waals surface area contributed by atoms with Gasteiger partial charge in [0.15, 0.2) is 23.6 Å². The number of aliphatic hydroxyl groups excluding tert-OH is 2. The van der Waals surface area contributed by atoms with E-state index in [1.807, 2.05) is 0 Å². The molecule has 68 heavy (non-hydrogen) atoms. The molecule has 1 saturated heterocycles. The summed E-state index contributed by atoms with van der Waals surface area (Å²) in [5.41, 5.74) is -8.73. The van der Waals surface area contributed by atoms with Gasteiger partial charge in [-0.15, -0.1) is 0 Å². The van der Waals surface area contributed by atoms with Gasteiger partial charge >= 0.3 is 30.0 Å². The Kier molecular flexibility index (Phi) is 14.4. The number of ether oxygens (including phenoxy) is 8. The van der Waals surface area contributed by atoms with Crippen molar-refractivity contribution in [1.82, 2.24) is 5.32 Å². The van der Waals surface area contributed by atoms with Gasteiger partial charge in [-0.05, 0) is 89.9 Å². The van der Waals surface area contributed by atoms with Crippen molar-refractivity contribution in [2.45, 2.75) is 142 Å².